The van der Waals surface area contributed by atoms with Gasteiger partial charge in [0.2, 0.25) is 0 Å². The first kappa shape index (κ1) is 17.8. The smallest absolute Gasteiger partial charge is 0.323 e. The molecule has 2 amide bonds. The van der Waals surface area contributed by atoms with E-state index in [4.69, 9.17) is 5.41 Å². The van der Waals surface area contributed by atoms with E-state index in [0.717, 1.165) is 34.8 Å². The number of rotatable bonds is 3. The van der Waals surface area contributed by atoms with E-state index in [1.54, 1.807) is 11.3 Å². The molecule has 3 aromatic rings. The quantitative estimate of drug-likeness (QED) is 0.491. The van der Waals surface area contributed by atoms with Crippen LogP contribution >= 0.6 is 11.3 Å². The number of nitrogens with one attached hydrogen (secondary N) is 4. The third-order valence-corrected chi connectivity index (χ3v) is 6.25. The van der Waals surface area contributed by atoms with Gasteiger partial charge in [0.25, 0.3) is 0 Å². The number of carbonyl (C=O) groups is 1. The van der Waals surface area contributed by atoms with E-state index in [9.17, 15) is 4.79 Å². The van der Waals surface area contributed by atoms with Crippen LogP contribution < -0.4 is 20.9 Å². The second kappa shape index (κ2) is 7.25. The molecular formula is C22H21N5OS. The molecule has 0 unspecified atom stereocenters. The monoisotopic (exact) mass is 403 g/mol. The maximum absolute atomic E-state index is 12.4. The number of fused-ring (bicyclic) bond motifs is 2. The largest absolute Gasteiger partial charge is 0.359 e. The predicted octanol–water partition coefficient (Wildman–Crippen LogP) is 5.10. The molecule has 5 rings (SSSR count). The molecule has 0 atom stereocenters. The number of thiophene rings is 1. The minimum absolute atomic E-state index is 0.258. The molecule has 0 bridgehead atoms. The Bertz CT molecular complexity index is 1090. The van der Waals surface area contributed by atoms with Crippen molar-refractivity contribution in [3.63, 3.8) is 0 Å². The topological polar surface area (TPSA) is 80.2 Å². The second-order valence-corrected chi connectivity index (χ2v) is 8.15. The number of benzene rings is 2. The zero-order valence-corrected chi connectivity index (χ0v) is 16.6. The van der Waals surface area contributed by atoms with E-state index in [1.807, 2.05) is 46.7 Å². The Kier molecular flexibility index (Phi) is 4.44. The summed E-state index contributed by atoms with van der Waals surface area (Å²) in [4.78, 5) is 14.3. The van der Waals surface area contributed by atoms with Crippen LogP contribution in [0.4, 0.5) is 26.9 Å². The van der Waals surface area contributed by atoms with Gasteiger partial charge in [-0.2, -0.15) is 0 Å². The number of amidine groups is 1. The molecule has 6 nitrogen and oxygen atoms in total. The van der Waals surface area contributed by atoms with Gasteiger partial charge in [0, 0.05) is 17.1 Å². The van der Waals surface area contributed by atoms with Gasteiger partial charge in [0.05, 0.1) is 12.2 Å². The third-order valence-electron chi connectivity index (χ3n) is 5.38. The molecule has 7 heteroatoms. The normalized spacial score (nSPS) is 14.8. The van der Waals surface area contributed by atoms with Crippen molar-refractivity contribution in [2.45, 2.75) is 19.3 Å². The van der Waals surface area contributed by atoms with Crippen LogP contribution in [-0.4, -0.2) is 18.5 Å². The summed E-state index contributed by atoms with van der Waals surface area (Å²) in [6, 6.07) is 15.4. The van der Waals surface area contributed by atoms with Crippen LogP contribution in [-0.2, 0) is 12.8 Å². The van der Waals surface area contributed by atoms with Crippen molar-refractivity contribution >= 4 is 45.3 Å². The Labute approximate surface area is 173 Å². The average molecular weight is 404 g/mol. The summed E-state index contributed by atoms with van der Waals surface area (Å²) in [5, 5.41) is 20.6. The van der Waals surface area contributed by atoms with Crippen LogP contribution in [0.2, 0.25) is 0 Å². The number of hydrogen-bond donors (Lipinski definition) is 4. The van der Waals surface area contributed by atoms with Crippen LogP contribution in [0, 0.1) is 5.41 Å². The van der Waals surface area contributed by atoms with Crippen LogP contribution in [0.1, 0.15) is 23.1 Å². The lowest BCUT2D eigenvalue weighted by Gasteiger charge is -2.30. The van der Waals surface area contributed by atoms with Gasteiger partial charge in [-0.05, 0) is 78.2 Å². The first-order valence-corrected chi connectivity index (χ1v) is 10.5. The van der Waals surface area contributed by atoms with Crippen molar-refractivity contribution in [1.82, 2.24) is 0 Å². The number of carbonyl (C=O) groups excluding carboxylic acids is 1. The van der Waals surface area contributed by atoms with E-state index in [2.05, 4.69) is 28.1 Å². The minimum Gasteiger partial charge on any atom is -0.359 e. The maximum Gasteiger partial charge on any atom is 0.323 e. The summed E-state index contributed by atoms with van der Waals surface area (Å²) < 4.78 is 0. The van der Waals surface area contributed by atoms with Crippen LogP contribution in [0.5, 0.6) is 0 Å². The van der Waals surface area contributed by atoms with E-state index in [1.165, 1.54) is 17.5 Å². The molecule has 0 saturated carbocycles. The van der Waals surface area contributed by atoms with Crippen molar-refractivity contribution in [2.75, 3.05) is 27.5 Å². The average Bonchev–Trinajstić information content (AvgIpc) is 3.38. The molecular weight excluding hydrogens is 382 g/mol. The molecule has 29 heavy (non-hydrogen) atoms. The SMILES string of the molecule is N=C1c2ccsc2NCN1c1ccc(NC(=O)Nc2ccc3c(c2)CCC3)cc1. The van der Waals surface area contributed by atoms with Crippen LogP contribution in [0.3, 0.4) is 0 Å². The van der Waals surface area contributed by atoms with Crippen LogP contribution in [0.15, 0.2) is 53.9 Å². The summed E-state index contributed by atoms with van der Waals surface area (Å²) in [6.07, 6.45) is 3.40. The molecule has 1 aliphatic heterocycles. The van der Waals surface area contributed by atoms with Crippen molar-refractivity contribution in [3.8, 4) is 0 Å². The Hall–Kier alpha value is -3.32. The highest BCUT2D eigenvalue weighted by Crippen LogP contribution is 2.31. The minimum atomic E-state index is -0.258. The highest BCUT2D eigenvalue weighted by molar-refractivity contribution is 7.14. The molecule has 1 aliphatic carbocycles. The van der Waals surface area contributed by atoms with Gasteiger partial charge >= 0.3 is 6.03 Å². The lowest BCUT2D eigenvalue weighted by atomic mass is 10.1. The lowest BCUT2D eigenvalue weighted by molar-refractivity contribution is 0.262. The number of urea groups is 1. The fourth-order valence-corrected chi connectivity index (χ4v) is 4.68. The van der Waals surface area contributed by atoms with Gasteiger partial charge in [-0.15, -0.1) is 11.3 Å². The Morgan fingerprint density at radius 1 is 1.00 bits per heavy atom. The van der Waals surface area contributed by atoms with E-state index < -0.39 is 0 Å². The van der Waals surface area contributed by atoms with E-state index in [-0.39, 0.29) is 6.03 Å². The molecule has 2 heterocycles. The van der Waals surface area contributed by atoms with Crippen molar-refractivity contribution in [1.29, 1.82) is 5.41 Å². The van der Waals surface area contributed by atoms with Gasteiger partial charge in [0.1, 0.15) is 10.8 Å². The first-order valence-electron chi connectivity index (χ1n) is 9.65. The van der Waals surface area contributed by atoms with Crippen molar-refractivity contribution < 1.29 is 4.79 Å². The molecule has 0 fully saturated rings. The molecule has 2 aromatic carbocycles. The molecule has 0 spiro atoms. The summed E-state index contributed by atoms with van der Waals surface area (Å²) in [7, 11) is 0. The molecule has 1 aromatic heterocycles. The highest BCUT2D eigenvalue weighted by Gasteiger charge is 2.23. The molecule has 0 saturated heterocycles. The van der Waals surface area contributed by atoms with E-state index >= 15 is 0 Å². The zero-order valence-electron chi connectivity index (χ0n) is 15.8. The van der Waals surface area contributed by atoms with Gasteiger partial charge in [-0.25, -0.2) is 4.79 Å². The maximum atomic E-state index is 12.4. The Balaban J connectivity index is 1.24. The Morgan fingerprint density at radius 3 is 2.62 bits per heavy atom. The van der Waals surface area contributed by atoms with Gasteiger partial charge in [-0.3, -0.25) is 5.41 Å². The fourth-order valence-electron chi connectivity index (χ4n) is 3.90. The summed E-state index contributed by atoms with van der Waals surface area (Å²) >= 11 is 1.61. The number of hydrogen-bond acceptors (Lipinski definition) is 4. The Morgan fingerprint density at radius 2 is 1.76 bits per heavy atom. The molecule has 4 N–H and O–H groups in total. The number of nitrogens with zero attached hydrogens (tertiary/aromatic N) is 1. The standard InChI is InChI=1S/C22H21N5OS/c23-20-19-10-11-29-21(19)24-13-27(20)18-8-6-16(7-9-18)25-22(28)26-17-5-4-14-2-1-3-15(14)12-17/h4-12,23-24H,1-3,13H2,(H2,25,26,28). The molecule has 2 aliphatic rings. The van der Waals surface area contributed by atoms with Crippen molar-refractivity contribution in [2.24, 2.45) is 0 Å². The number of aryl methyl sites for hydroxylation is 2. The fraction of sp³-hybridized carbons (Fsp3) is 0.182. The highest BCUT2D eigenvalue weighted by atomic mass is 32.1. The first-order chi connectivity index (χ1) is 14.2. The summed E-state index contributed by atoms with van der Waals surface area (Å²) in [5.74, 6) is 0.482. The third kappa shape index (κ3) is 3.45. The van der Waals surface area contributed by atoms with Crippen LogP contribution in [0.25, 0.3) is 0 Å². The number of anilines is 4. The van der Waals surface area contributed by atoms with Crippen molar-refractivity contribution in [3.05, 3.63) is 70.6 Å². The second-order valence-electron chi connectivity index (χ2n) is 7.24. The van der Waals surface area contributed by atoms with Gasteiger partial charge < -0.3 is 20.9 Å². The predicted molar refractivity (Wildman–Crippen MR) is 120 cm³/mol. The summed E-state index contributed by atoms with van der Waals surface area (Å²) in [6.45, 7) is 0.554. The van der Waals surface area contributed by atoms with Gasteiger partial charge in [-0.1, -0.05) is 6.07 Å². The summed E-state index contributed by atoms with van der Waals surface area (Å²) in [5.41, 5.74) is 6.07. The lowest BCUT2D eigenvalue weighted by Crippen LogP contribution is -2.39. The van der Waals surface area contributed by atoms with Gasteiger partial charge in [0.15, 0.2) is 0 Å². The van der Waals surface area contributed by atoms with E-state index in [0.29, 0.717) is 18.2 Å². The number of amides is 2. The molecule has 0 radical (unpaired) electrons. The zero-order chi connectivity index (χ0) is 19.8. The molecule has 146 valence electrons.